The minimum Gasteiger partial charge on any atom is -0.389 e. The van der Waals surface area contributed by atoms with Crippen molar-refractivity contribution in [2.24, 2.45) is 0 Å². The van der Waals surface area contributed by atoms with Crippen LogP contribution in [0.2, 0.25) is 0 Å². The molecule has 0 bridgehead atoms. The topological polar surface area (TPSA) is 48.9 Å². The zero-order valence-electron chi connectivity index (χ0n) is 11.4. The summed E-state index contributed by atoms with van der Waals surface area (Å²) in [6, 6.07) is 14.0. The average molecular weight is 284 g/mol. The number of aromatic amines is 1. The van der Waals surface area contributed by atoms with Crippen LogP contribution in [0.5, 0.6) is 0 Å². The maximum absolute atomic E-state index is 9.81. The van der Waals surface area contributed by atoms with Gasteiger partial charge in [0.1, 0.15) is 0 Å². The molecule has 4 heteroatoms. The van der Waals surface area contributed by atoms with Crippen LogP contribution in [-0.4, -0.2) is 15.1 Å². The number of nitrogens with one attached hydrogen (secondary N) is 1. The number of aliphatic hydroxyl groups excluding tert-OH is 1. The number of aryl methyl sites for hydroxylation is 1. The predicted molar refractivity (Wildman–Crippen MR) is 82.0 cm³/mol. The van der Waals surface area contributed by atoms with Gasteiger partial charge in [0.15, 0.2) is 5.16 Å². The molecule has 2 N–H and O–H groups in total. The van der Waals surface area contributed by atoms with E-state index in [0.717, 1.165) is 26.6 Å². The quantitative estimate of drug-likeness (QED) is 0.762. The molecule has 3 rings (SSSR count). The molecule has 0 amide bonds. The van der Waals surface area contributed by atoms with Gasteiger partial charge in [-0.25, -0.2) is 4.98 Å². The Morgan fingerprint density at radius 3 is 2.80 bits per heavy atom. The first-order valence-corrected chi connectivity index (χ1v) is 7.36. The van der Waals surface area contributed by atoms with Crippen LogP contribution in [0.3, 0.4) is 0 Å². The van der Waals surface area contributed by atoms with Crippen LogP contribution in [0.4, 0.5) is 0 Å². The van der Waals surface area contributed by atoms with Gasteiger partial charge in [-0.2, -0.15) is 0 Å². The van der Waals surface area contributed by atoms with Crippen LogP contribution in [-0.2, 0) is 0 Å². The standard InChI is InChI=1S/C16H16N2OS/c1-10-7-8-13-14(9-10)18-16(17-13)20-15-6-4-3-5-12(15)11(2)19/h3-9,11,19H,1-2H3,(H,17,18). The van der Waals surface area contributed by atoms with Crippen LogP contribution < -0.4 is 0 Å². The highest BCUT2D eigenvalue weighted by atomic mass is 32.2. The van der Waals surface area contributed by atoms with Crippen LogP contribution in [0.1, 0.15) is 24.2 Å². The van der Waals surface area contributed by atoms with E-state index in [1.807, 2.05) is 30.3 Å². The Morgan fingerprint density at radius 2 is 2.00 bits per heavy atom. The summed E-state index contributed by atoms with van der Waals surface area (Å²) < 4.78 is 0. The van der Waals surface area contributed by atoms with Crippen molar-refractivity contribution in [3.05, 3.63) is 53.6 Å². The monoisotopic (exact) mass is 284 g/mol. The van der Waals surface area contributed by atoms with Gasteiger partial charge in [-0.1, -0.05) is 36.0 Å². The summed E-state index contributed by atoms with van der Waals surface area (Å²) in [6.45, 7) is 3.84. The second-order valence-electron chi connectivity index (χ2n) is 4.88. The lowest BCUT2D eigenvalue weighted by molar-refractivity contribution is 0.196. The lowest BCUT2D eigenvalue weighted by Gasteiger charge is -2.09. The molecule has 3 aromatic rings. The number of H-pyrrole nitrogens is 1. The molecular formula is C16H16N2OS. The van der Waals surface area contributed by atoms with E-state index < -0.39 is 6.10 Å². The van der Waals surface area contributed by atoms with E-state index >= 15 is 0 Å². The Morgan fingerprint density at radius 1 is 1.20 bits per heavy atom. The van der Waals surface area contributed by atoms with Crippen molar-refractivity contribution < 1.29 is 5.11 Å². The number of hydrogen-bond acceptors (Lipinski definition) is 3. The average Bonchev–Trinajstić information content (AvgIpc) is 2.80. The Balaban J connectivity index is 1.97. The molecular weight excluding hydrogens is 268 g/mol. The third-order valence-electron chi connectivity index (χ3n) is 3.19. The van der Waals surface area contributed by atoms with Gasteiger partial charge in [0.05, 0.1) is 17.1 Å². The smallest absolute Gasteiger partial charge is 0.171 e. The van der Waals surface area contributed by atoms with E-state index in [1.54, 1.807) is 18.7 Å². The van der Waals surface area contributed by atoms with Crippen molar-refractivity contribution in [1.29, 1.82) is 0 Å². The number of aromatic nitrogens is 2. The molecule has 102 valence electrons. The van der Waals surface area contributed by atoms with Crippen molar-refractivity contribution in [2.45, 2.75) is 30.0 Å². The van der Waals surface area contributed by atoms with Gasteiger partial charge >= 0.3 is 0 Å². The molecule has 20 heavy (non-hydrogen) atoms. The lowest BCUT2D eigenvalue weighted by atomic mass is 10.1. The summed E-state index contributed by atoms with van der Waals surface area (Å²) in [7, 11) is 0. The molecule has 0 aliphatic rings. The van der Waals surface area contributed by atoms with Gasteiger partial charge in [-0.15, -0.1) is 0 Å². The van der Waals surface area contributed by atoms with Crippen LogP contribution >= 0.6 is 11.8 Å². The zero-order chi connectivity index (χ0) is 14.1. The minimum atomic E-state index is -0.481. The van der Waals surface area contributed by atoms with E-state index in [1.165, 1.54) is 5.56 Å². The number of hydrogen-bond donors (Lipinski definition) is 2. The molecule has 0 aliphatic heterocycles. The van der Waals surface area contributed by atoms with E-state index in [0.29, 0.717) is 0 Å². The normalized spacial score (nSPS) is 12.8. The van der Waals surface area contributed by atoms with E-state index in [9.17, 15) is 5.11 Å². The maximum Gasteiger partial charge on any atom is 0.171 e. The number of aliphatic hydroxyl groups is 1. The van der Waals surface area contributed by atoms with Crippen molar-refractivity contribution in [3.8, 4) is 0 Å². The fraction of sp³-hybridized carbons (Fsp3) is 0.188. The summed E-state index contributed by atoms with van der Waals surface area (Å²) in [5, 5.41) is 10.7. The fourth-order valence-electron chi connectivity index (χ4n) is 2.17. The summed E-state index contributed by atoms with van der Waals surface area (Å²) in [4.78, 5) is 8.92. The fourth-order valence-corrected chi connectivity index (χ4v) is 3.19. The Hall–Kier alpha value is -1.78. The second-order valence-corrected chi connectivity index (χ2v) is 5.91. The maximum atomic E-state index is 9.81. The van der Waals surface area contributed by atoms with Gasteiger partial charge < -0.3 is 10.1 Å². The number of benzene rings is 2. The molecule has 2 aromatic carbocycles. The predicted octanol–water partition coefficient (Wildman–Crippen LogP) is 4.08. The second kappa shape index (κ2) is 5.31. The van der Waals surface area contributed by atoms with Crippen molar-refractivity contribution >= 4 is 22.8 Å². The highest BCUT2D eigenvalue weighted by Crippen LogP contribution is 2.32. The molecule has 0 saturated carbocycles. The molecule has 1 unspecified atom stereocenters. The third kappa shape index (κ3) is 2.57. The first-order chi connectivity index (χ1) is 9.63. The minimum absolute atomic E-state index is 0.481. The number of nitrogens with zero attached hydrogens (tertiary/aromatic N) is 1. The molecule has 1 heterocycles. The van der Waals surface area contributed by atoms with Crippen molar-refractivity contribution in [1.82, 2.24) is 9.97 Å². The van der Waals surface area contributed by atoms with Crippen molar-refractivity contribution in [2.75, 3.05) is 0 Å². The largest absolute Gasteiger partial charge is 0.389 e. The zero-order valence-corrected chi connectivity index (χ0v) is 12.2. The van der Waals surface area contributed by atoms with Crippen LogP contribution in [0.25, 0.3) is 11.0 Å². The number of rotatable bonds is 3. The third-order valence-corrected chi connectivity index (χ3v) is 4.17. The first-order valence-electron chi connectivity index (χ1n) is 6.55. The Bertz CT molecular complexity index is 749. The summed E-state index contributed by atoms with van der Waals surface area (Å²) >= 11 is 1.55. The molecule has 0 radical (unpaired) electrons. The number of imidazole rings is 1. The summed E-state index contributed by atoms with van der Waals surface area (Å²) in [5.41, 5.74) is 4.14. The van der Waals surface area contributed by atoms with Crippen molar-refractivity contribution in [3.63, 3.8) is 0 Å². The molecule has 0 fully saturated rings. The molecule has 0 aliphatic carbocycles. The Labute approximate surface area is 122 Å². The molecule has 3 nitrogen and oxygen atoms in total. The first kappa shape index (κ1) is 13.2. The highest BCUT2D eigenvalue weighted by molar-refractivity contribution is 7.99. The summed E-state index contributed by atoms with van der Waals surface area (Å²) in [5.74, 6) is 0. The molecule has 1 aromatic heterocycles. The number of fused-ring (bicyclic) bond motifs is 1. The van der Waals surface area contributed by atoms with Gasteiger partial charge in [0.25, 0.3) is 0 Å². The van der Waals surface area contributed by atoms with E-state index in [4.69, 9.17) is 0 Å². The molecule has 0 saturated heterocycles. The van der Waals surface area contributed by atoms with Gasteiger partial charge in [-0.05, 0) is 43.2 Å². The lowest BCUT2D eigenvalue weighted by Crippen LogP contribution is -1.93. The Kier molecular flexibility index (Phi) is 3.51. The van der Waals surface area contributed by atoms with Gasteiger partial charge in [-0.3, -0.25) is 0 Å². The highest BCUT2D eigenvalue weighted by Gasteiger charge is 2.11. The van der Waals surface area contributed by atoms with E-state index in [2.05, 4.69) is 29.0 Å². The van der Waals surface area contributed by atoms with E-state index in [-0.39, 0.29) is 0 Å². The van der Waals surface area contributed by atoms with Gasteiger partial charge in [0.2, 0.25) is 0 Å². The molecule has 0 spiro atoms. The SMILES string of the molecule is Cc1ccc2nc(Sc3ccccc3C(C)O)[nH]c2c1. The summed E-state index contributed by atoms with van der Waals surface area (Å²) in [6.07, 6.45) is -0.481. The van der Waals surface area contributed by atoms with Crippen LogP contribution in [0.15, 0.2) is 52.5 Å². The van der Waals surface area contributed by atoms with Crippen LogP contribution in [0, 0.1) is 6.92 Å². The molecule has 1 atom stereocenters. The van der Waals surface area contributed by atoms with Gasteiger partial charge in [0, 0.05) is 4.90 Å².